The molecule has 11 heteroatoms. The van der Waals surface area contributed by atoms with Gasteiger partial charge in [0.15, 0.2) is 5.82 Å². The molecule has 1 aromatic carbocycles. The van der Waals surface area contributed by atoms with Gasteiger partial charge in [-0.15, -0.1) is 0 Å². The van der Waals surface area contributed by atoms with Gasteiger partial charge >= 0.3 is 17.5 Å². The summed E-state index contributed by atoms with van der Waals surface area (Å²) in [6, 6.07) is 8.18. The van der Waals surface area contributed by atoms with Crippen molar-refractivity contribution in [2.24, 2.45) is 0 Å². The summed E-state index contributed by atoms with van der Waals surface area (Å²) in [4.78, 5) is 28.9. The molecule has 0 atom stereocenters. The first-order chi connectivity index (χ1) is 15.1. The van der Waals surface area contributed by atoms with Gasteiger partial charge in [0.1, 0.15) is 18.9 Å². The van der Waals surface area contributed by atoms with Crippen LogP contribution >= 0.6 is 0 Å². The fraction of sp³-hybridized carbons (Fsp3) is 0.400. The zero-order valence-electron chi connectivity index (χ0n) is 16.9. The number of benzene rings is 1. The summed E-state index contributed by atoms with van der Waals surface area (Å²) in [7, 11) is 0. The van der Waals surface area contributed by atoms with Gasteiger partial charge in [0.05, 0.1) is 4.92 Å². The van der Waals surface area contributed by atoms with Gasteiger partial charge < -0.3 is 9.84 Å². The Hall–Kier alpha value is -3.60. The quantitative estimate of drug-likeness (QED) is 0.429. The Morgan fingerprint density at radius 3 is 2.58 bits per heavy atom. The predicted molar refractivity (Wildman–Crippen MR) is 109 cm³/mol. The third-order valence-corrected chi connectivity index (χ3v) is 5.13. The molecular weight excluding hydrogens is 402 g/mol. The van der Waals surface area contributed by atoms with Crippen molar-refractivity contribution in [2.45, 2.75) is 38.9 Å². The van der Waals surface area contributed by atoms with E-state index in [1.54, 1.807) is 0 Å². The van der Waals surface area contributed by atoms with Gasteiger partial charge in [-0.05, 0) is 37.1 Å². The maximum atomic E-state index is 12.3. The highest BCUT2D eigenvalue weighted by atomic mass is 16.6. The number of piperidine rings is 1. The second-order valence-electron chi connectivity index (χ2n) is 7.50. The Balaban J connectivity index is 1.27. The third kappa shape index (κ3) is 5.51. The summed E-state index contributed by atoms with van der Waals surface area (Å²) >= 11 is 0. The number of likely N-dealkylation sites (tertiary alicyclic amines) is 1. The Kier molecular flexibility index (Phi) is 6.32. The molecule has 1 aliphatic heterocycles. The second kappa shape index (κ2) is 9.47. The molecule has 0 aliphatic carbocycles. The summed E-state index contributed by atoms with van der Waals surface area (Å²) in [5.74, 6) is -0.453. The molecular formula is C20H23N7O4. The van der Waals surface area contributed by atoms with E-state index in [9.17, 15) is 14.9 Å². The fourth-order valence-electron chi connectivity index (χ4n) is 3.48. The molecule has 0 unspecified atom stereocenters. The average Bonchev–Trinajstić information content (AvgIpc) is 3.44. The molecule has 1 saturated heterocycles. The number of nitrogens with zero attached hydrogens (tertiary/aromatic N) is 6. The van der Waals surface area contributed by atoms with Crippen LogP contribution in [0.5, 0.6) is 0 Å². The summed E-state index contributed by atoms with van der Waals surface area (Å²) in [6.45, 7) is 3.66. The number of nitro groups is 1. The van der Waals surface area contributed by atoms with Crippen LogP contribution in [-0.4, -0.2) is 48.7 Å². The molecule has 31 heavy (non-hydrogen) atoms. The lowest BCUT2D eigenvalue weighted by Gasteiger charge is -2.26. The number of carbonyl (C=O) groups excluding carboxylic acids is 1. The summed E-state index contributed by atoms with van der Waals surface area (Å²) < 4.78 is 6.29. The molecule has 4 rings (SSSR count). The second-order valence-corrected chi connectivity index (χ2v) is 7.50. The minimum atomic E-state index is -0.543. The van der Waals surface area contributed by atoms with Crippen molar-refractivity contribution in [2.75, 3.05) is 13.1 Å². The number of rotatable bonds is 8. The van der Waals surface area contributed by atoms with Crippen LogP contribution in [0.3, 0.4) is 0 Å². The molecule has 0 bridgehead atoms. The van der Waals surface area contributed by atoms with E-state index >= 15 is 0 Å². The lowest BCUT2D eigenvalue weighted by atomic mass is 10.1. The number of amides is 1. The van der Waals surface area contributed by atoms with E-state index in [1.165, 1.54) is 35.7 Å². The zero-order valence-corrected chi connectivity index (χ0v) is 16.9. The first-order valence-corrected chi connectivity index (χ1v) is 10.1. The predicted octanol–water partition coefficient (Wildman–Crippen LogP) is 2.14. The highest BCUT2D eigenvalue weighted by Gasteiger charge is 2.17. The molecule has 0 radical (unpaired) electrons. The number of hydrogen-bond donors (Lipinski definition) is 1. The smallest absolute Gasteiger partial charge is 0.316 e. The Morgan fingerprint density at radius 2 is 1.87 bits per heavy atom. The van der Waals surface area contributed by atoms with Crippen molar-refractivity contribution >= 4 is 11.6 Å². The standard InChI is InChI=1S/C20H23N7O4/c28-19(20-23-18(24-31-20)14-26-13-17(11-22-26)27(29)30)21-10-15-4-6-16(7-5-15)12-25-8-2-1-3-9-25/h4-7,11,13H,1-3,8-10,12,14H2,(H,21,28). The monoisotopic (exact) mass is 425 g/mol. The minimum absolute atomic E-state index is 0.0586. The SMILES string of the molecule is O=C(NCc1ccc(CN2CCCCC2)cc1)c1nc(Cn2cc([N+](=O)[O-])cn2)no1. The van der Waals surface area contributed by atoms with Gasteiger partial charge in [-0.3, -0.25) is 24.5 Å². The van der Waals surface area contributed by atoms with E-state index in [2.05, 4.69) is 37.6 Å². The third-order valence-electron chi connectivity index (χ3n) is 5.13. The summed E-state index contributed by atoms with van der Waals surface area (Å²) in [5.41, 5.74) is 2.10. The topological polar surface area (TPSA) is 132 Å². The van der Waals surface area contributed by atoms with Crippen molar-refractivity contribution < 1.29 is 14.2 Å². The van der Waals surface area contributed by atoms with E-state index in [4.69, 9.17) is 4.52 Å². The van der Waals surface area contributed by atoms with E-state index in [1.807, 2.05) is 12.1 Å². The molecule has 0 spiro atoms. The van der Waals surface area contributed by atoms with Crippen LogP contribution in [0.15, 0.2) is 41.2 Å². The first-order valence-electron chi connectivity index (χ1n) is 10.1. The molecule has 3 heterocycles. The van der Waals surface area contributed by atoms with E-state index < -0.39 is 10.8 Å². The van der Waals surface area contributed by atoms with Crippen LogP contribution in [0.2, 0.25) is 0 Å². The Bertz CT molecular complexity index is 1040. The van der Waals surface area contributed by atoms with Crippen molar-refractivity contribution in [1.29, 1.82) is 0 Å². The Morgan fingerprint density at radius 1 is 1.13 bits per heavy atom. The van der Waals surface area contributed by atoms with Gasteiger partial charge in [0, 0.05) is 13.1 Å². The molecule has 1 aliphatic rings. The van der Waals surface area contributed by atoms with Crippen LogP contribution in [0, 0.1) is 10.1 Å². The van der Waals surface area contributed by atoms with Gasteiger partial charge in [-0.25, -0.2) is 0 Å². The van der Waals surface area contributed by atoms with E-state index in [0.29, 0.717) is 6.54 Å². The molecule has 2 aromatic heterocycles. The average molecular weight is 425 g/mol. The van der Waals surface area contributed by atoms with Crippen LogP contribution in [0.4, 0.5) is 5.69 Å². The molecule has 1 fully saturated rings. The van der Waals surface area contributed by atoms with Gasteiger partial charge in [0.25, 0.3) is 0 Å². The van der Waals surface area contributed by atoms with Crippen LogP contribution in [-0.2, 0) is 19.6 Å². The van der Waals surface area contributed by atoms with Crippen LogP contribution < -0.4 is 5.32 Å². The molecule has 1 N–H and O–H groups in total. The largest absolute Gasteiger partial charge is 0.344 e. The van der Waals surface area contributed by atoms with Crippen molar-refractivity contribution in [3.05, 3.63) is 69.6 Å². The van der Waals surface area contributed by atoms with Crippen molar-refractivity contribution in [3.63, 3.8) is 0 Å². The number of nitrogens with one attached hydrogen (secondary N) is 1. The van der Waals surface area contributed by atoms with Gasteiger partial charge in [-0.2, -0.15) is 10.1 Å². The van der Waals surface area contributed by atoms with Crippen LogP contribution in [0.25, 0.3) is 0 Å². The molecule has 3 aromatic rings. The number of aromatic nitrogens is 4. The number of hydrogen-bond acceptors (Lipinski definition) is 8. The highest BCUT2D eigenvalue weighted by molar-refractivity contribution is 5.89. The number of carbonyl (C=O) groups is 1. The summed E-state index contributed by atoms with van der Waals surface area (Å²) in [6.07, 6.45) is 6.24. The van der Waals surface area contributed by atoms with Crippen molar-refractivity contribution in [3.8, 4) is 0 Å². The van der Waals surface area contributed by atoms with Gasteiger partial charge in [0.2, 0.25) is 0 Å². The Labute approximate surface area is 178 Å². The zero-order chi connectivity index (χ0) is 21.6. The molecule has 1 amide bonds. The lowest BCUT2D eigenvalue weighted by Crippen LogP contribution is -2.29. The van der Waals surface area contributed by atoms with Crippen molar-refractivity contribution in [1.82, 2.24) is 30.1 Å². The van der Waals surface area contributed by atoms with E-state index in [0.717, 1.165) is 31.4 Å². The molecule has 0 saturated carbocycles. The van der Waals surface area contributed by atoms with E-state index in [-0.39, 0.29) is 23.9 Å². The normalized spacial score (nSPS) is 14.5. The molecule has 11 nitrogen and oxygen atoms in total. The maximum absolute atomic E-state index is 12.3. The summed E-state index contributed by atoms with van der Waals surface area (Å²) in [5, 5.41) is 21.0. The van der Waals surface area contributed by atoms with Gasteiger partial charge in [-0.1, -0.05) is 35.8 Å². The maximum Gasteiger partial charge on any atom is 0.316 e. The fourth-order valence-corrected chi connectivity index (χ4v) is 3.48. The highest BCUT2D eigenvalue weighted by Crippen LogP contribution is 2.14. The van der Waals surface area contributed by atoms with Crippen LogP contribution in [0.1, 0.15) is 46.9 Å². The first kappa shape index (κ1) is 20.7. The lowest BCUT2D eigenvalue weighted by molar-refractivity contribution is -0.385. The molecule has 162 valence electrons. The minimum Gasteiger partial charge on any atom is -0.344 e.